The van der Waals surface area contributed by atoms with Gasteiger partial charge in [-0.05, 0) is 43.7 Å². The quantitative estimate of drug-likeness (QED) is 0.899. The molecule has 2 rings (SSSR count). The summed E-state index contributed by atoms with van der Waals surface area (Å²) in [5.74, 6) is 0.477. The number of halogens is 1. The summed E-state index contributed by atoms with van der Waals surface area (Å²) in [5.41, 5.74) is 6.64. The van der Waals surface area contributed by atoms with Crippen LogP contribution in [-0.2, 0) is 0 Å². The first-order valence-corrected chi connectivity index (χ1v) is 7.05. The molecule has 1 amide bonds. The lowest BCUT2D eigenvalue weighted by atomic mass is 10.1. The van der Waals surface area contributed by atoms with E-state index in [2.05, 4.69) is 6.92 Å². The molecule has 0 aromatic carbocycles. The molecule has 2 N–H and O–H groups in total. The van der Waals surface area contributed by atoms with Gasteiger partial charge in [-0.25, -0.2) is 0 Å². The highest BCUT2D eigenvalue weighted by molar-refractivity contribution is 7.13. The lowest BCUT2D eigenvalue weighted by Crippen LogP contribution is -2.34. The molecule has 5 heteroatoms. The minimum absolute atomic E-state index is 0.0524. The summed E-state index contributed by atoms with van der Waals surface area (Å²) in [6.07, 6.45) is 0.990. The number of rotatable bonds is 2. The molecule has 2 atom stereocenters. The second-order valence-electron chi connectivity index (χ2n) is 4.71. The lowest BCUT2D eigenvalue weighted by Gasteiger charge is -2.20. The van der Waals surface area contributed by atoms with Crippen LogP contribution in [0.2, 0.25) is 5.02 Å². The number of hydrogen-bond donors (Lipinski definition) is 1. The Morgan fingerprint density at radius 3 is 2.88 bits per heavy atom. The highest BCUT2D eigenvalue weighted by Crippen LogP contribution is 2.31. The summed E-state index contributed by atoms with van der Waals surface area (Å²) in [4.78, 5) is 14.9. The van der Waals surface area contributed by atoms with Crippen molar-refractivity contribution in [1.82, 2.24) is 4.90 Å². The molecular formula is C12H17ClN2OS. The second kappa shape index (κ2) is 4.96. The maximum absolute atomic E-state index is 12.4. The monoisotopic (exact) mass is 272 g/mol. The maximum atomic E-state index is 12.4. The van der Waals surface area contributed by atoms with Crippen LogP contribution in [0.15, 0.2) is 5.38 Å². The van der Waals surface area contributed by atoms with Crippen molar-refractivity contribution in [2.45, 2.75) is 26.3 Å². The molecule has 94 valence electrons. The molecule has 0 saturated carbocycles. The predicted molar refractivity (Wildman–Crippen MR) is 71.7 cm³/mol. The van der Waals surface area contributed by atoms with Gasteiger partial charge in [-0.1, -0.05) is 11.6 Å². The van der Waals surface area contributed by atoms with E-state index < -0.39 is 0 Å². The molecule has 17 heavy (non-hydrogen) atoms. The molecule has 3 nitrogen and oxygen atoms in total. The summed E-state index contributed by atoms with van der Waals surface area (Å²) in [6.45, 7) is 5.39. The van der Waals surface area contributed by atoms with E-state index in [0.29, 0.717) is 22.4 Å². The van der Waals surface area contributed by atoms with E-state index in [0.717, 1.165) is 18.5 Å². The van der Waals surface area contributed by atoms with E-state index in [1.165, 1.54) is 11.3 Å². The zero-order chi connectivity index (χ0) is 12.6. The van der Waals surface area contributed by atoms with E-state index in [-0.39, 0.29) is 11.9 Å². The van der Waals surface area contributed by atoms with Crippen LogP contribution in [0.3, 0.4) is 0 Å². The van der Waals surface area contributed by atoms with Gasteiger partial charge in [-0.3, -0.25) is 4.79 Å². The number of carbonyl (C=O) groups excluding carboxylic acids is 1. The molecule has 0 spiro atoms. The van der Waals surface area contributed by atoms with Gasteiger partial charge in [0.05, 0.1) is 5.02 Å². The second-order valence-corrected chi connectivity index (χ2v) is 5.96. The van der Waals surface area contributed by atoms with Gasteiger partial charge in [-0.2, -0.15) is 0 Å². The number of aryl methyl sites for hydroxylation is 1. The SMILES string of the molecule is Cc1csc(C(=O)N2CC(CN)CC2C)c1Cl. The number of carbonyl (C=O) groups is 1. The molecule has 2 heterocycles. The van der Waals surface area contributed by atoms with Crippen LogP contribution in [0, 0.1) is 12.8 Å². The van der Waals surface area contributed by atoms with Crippen LogP contribution in [0.25, 0.3) is 0 Å². The summed E-state index contributed by atoms with van der Waals surface area (Å²) in [6, 6.07) is 0.259. The Morgan fingerprint density at radius 1 is 1.71 bits per heavy atom. The Kier molecular flexibility index (Phi) is 3.76. The van der Waals surface area contributed by atoms with Crippen LogP contribution < -0.4 is 5.73 Å². The first-order chi connectivity index (χ1) is 8.04. The number of nitrogens with two attached hydrogens (primary N) is 1. The predicted octanol–water partition coefficient (Wildman–Crippen LogP) is 2.52. The molecule has 1 aromatic rings. The third-order valence-electron chi connectivity index (χ3n) is 3.35. The van der Waals surface area contributed by atoms with Gasteiger partial charge in [0.1, 0.15) is 4.88 Å². The van der Waals surface area contributed by atoms with Gasteiger partial charge >= 0.3 is 0 Å². The zero-order valence-electron chi connectivity index (χ0n) is 10.1. The van der Waals surface area contributed by atoms with Crippen molar-refractivity contribution in [2.75, 3.05) is 13.1 Å². The fourth-order valence-corrected chi connectivity index (χ4v) is 3.53. The molecule has 1 aliphatic rings. The van der Waals surface area contributed by atoms with Crippen LogP contribution in [0.1, 0.15) is 28.6 Å². The zero-order valence-corrected chi connectivity index (χ0v) is 11.6. The number of nitrogens with zero attached hydrogens (tertiary/aromatic N) is 1. The Labute approximate surface area is 111 Å². The van der Waals surface area contributed by atoms with Crippen molar-refractivity contribution in [3.8, 4) is 0 Å². The third-order valence-corrected chi connectivity index (χ3v) is 5.03. The minimum Gasteiger partial charge on any atom is -0.335 e. The molecule has 1 aromatic heterocycles. The molecule has 1 aliphatic heterocycles. The Morgan fingerprint density at radius 2 is 2.41 bits per heavy atom. The summed E-state index contributed by atoms with van der Waals surface area (Å²) in [5, 5.41) is 2.53. The number of thiophene rings is 1. The maximum Gasteiger partial charge on any atom is 0.265 e. The van der Waals surface area contributed by atoms with Gasteiger partial charge in [0.2, 0.25) is 0 Å². The molecule has 0 radical (unpaired) electrons. The molecule has 1 saturated heterocycles. The minimum atomic E-state index is 0.0524. The summed E-state index contributed by atoms with van der Waals surface area (Å²) in [7, 11) is 0. The van der Waals surface area contributed by atoms with Crippen molar-refractivity contribution >= 4 is 28.8 Å². The Bertz CT molecular complexity index is 432. The van der Waals surface area contributed by atoms with E-state index in [1.54, 1.807) is 0 Å². The van der Waals surface area contributed by atoms with Gasteiger partial charge < -0.3 is 10.6 Å². The first kappa shape index (κ1) is 12.9. The molecule has 2 unspecified atom stereocenters. The van der Waals surface area contributed by atoms with Gasteiger partial charge in [0, 0.05) is 12.6 Å². The van der Waals surface area contributed by atoms with Crippen LogP contribution in [0.4, 0.5) is 0 Å². The van der Waals surface area contributed by atoms with E-state index in [4.69, 9.17) is 17.3 Å². The lowest BCUT2D eigenvalue weighted by molar-refractivity contribution is 0.0748. The molecule has 0 bridgehead atoms. The van der Waals surface area contributed by atoms with Crippen molar-refractivity contribution < 1.29 is 4.79 Å². The van der Waals surface area contributed by atoms with Crippen LogP contribution in [0.5, 0.6) is 0 Å². The third kappa shape index (κ3) is 2.34. The largest absolute Gasteiger partial charge is 0.335 e. The van der Waals surface area contributed by atoms with Gasteiger partial charge in [-0.15, -0.1) is 11.3 Å². The standard InChI is InChI=1S/C12H17ClN2OS/c1-7-6-17-11(10(7)13)12(16)15-5-9(4-14)3-8(15)2/h6,8-9H,3-5,14H2,1-2H3. The summed E-state index contributed by atoms with van der Waals surface area (Å²) < 4.78 is 0. The van der Waals surface area contributed by atoms with Crippen molar-refractivity contribution in [1.29, 1.82) is 0 Å². The highest BCUT2D eigenvalue weighted by Gasteiger charge is 2.33. The first-order valence-electron chi connectivity index (χ1n) is 5.79. The number of amides is 1. The number of likely N-dealkylation sites (tertiary alicyclic amines) is 1. The Balaban J connectivity index is 2.18. The molecular weight excluding hydrogens is 256 g/mol. The number of hydrogen-bond acceptors (Lipinski definition) is 3. The van der Waals surface area contributed by atoms with Crippen LogP contribution in [-0.4, -0.2) is 29.9 Å². The van der Waals surface area contributed by atoms with Gasteiger partial charge in [0.25, 0.3) is 5.91 Å². The topological polar surface area (TPSA) is 46.3 Å². The van der Waals surface area contributed by atoms with E-state index in [9.17, 15) is 4.79 Å². The van der Waals surface area contributed by atoms with Crippen molar-refractivity contribution in [3.05, 3.63) is 20.8 Å². The van der Waals surface area contributed by atoms with Crippen molar-refractivity contribution in [2.24, 2.45) is 11.7 Å². The van der Waals surface area contributed by atoms with Gasteiger partial charge in [0.15, 0.2) is 0 Å². The fourth-order valence-electron chi connectivity index (χ4n) is 2.30. The highest BCUT2D eigenvalue weighted by atomic mass is 35.5. The average Bonchev–Trinajstić information content (AvgIpc) is 2.83. The normalized spacial score (nSPS) is 24.4. The van der Waals surface area contributed by atoms with Crippen LogP contribution >= 0.6 is 22.9 Å². The van der Waals surface area contributed by atoms with E-state index in [1.807, 2.05) is 17.2 Å². The van der Waals surface area contributed by atoms with E-state index >= 15 is 0 Å². The molecule has 1 fully saturated rings. The average molecular weight is 273 g/mol. The van der Waals surface area contributed by atoms with Crippen molar-refractivity contribution in [3.63, 3.8) is 0 Å². The Hall–Kier alpha value is -0.580. The molecule has 0 aliphatic carbocycles. The fraction of sp³-hybridized carbons (Fsp3) is 0.583. The smallest absolute Gasteiger partial charge is 0.265 e. The summed E-state index contributed by atoms with van der Waals surface area (Å²) >= 11 is 7.57.